The highest BCUT2D eigenvalue weighted by Gasteiger charge is 2.15. The van der Waals surface area contributed by atoms with Crippen molar-refractivity contribution in [3.63, 3.8) is 0 Å². The van der Waals surface area contributed by atoms with Crippen molar-refractivity contribution in [1.82, 2.24) is 15.5 Å². The Kier molecular flexibility index (Phi) is 7.47. The van der Waals surface area contributed by atoms with Crippen molar-refractivity contribution in [2.75, 3.05) is 18.1 Å². The summed E-state index contributed by atoms with van der Waals surface area (Å²) in [4.78, 5) is 22.5. The summed E-state index contributed by atoms with van der Waals surface area (Å²) in [5.74, 6) is 0.845. The van der Waals surface area contributed by atoms with Gasteiger partial charge in [-0.15, -0.1) is 10.2 Å². The van der Waals surface area contributed by atoms with E-state index in [9.17, 15) is 9.59 Å². The number of carbonyl (C=O) groups excluding carboxylic acids is 2. The lowest BCUT2D eigenvalue weighted by Crippen LogP contribution is -2.31. The molecule has 0 saturated heterocycles. The van der Waals surface area contributed by atoms with Crippen LogP contribution < -0.4 is 11.1 Å². The highest BCUT2D eigenvalue weighted by Crippen LogP contribution is 2.28. The summed E-state index contributed by atoms with van der Waals surface area (Å²) in [5.41, 5.74) is 5.08. The monoisotopic (exact) mass is 360 g/mol. The number of thioether (sulfide) groups is 2. The molecule has 0 unspecified atom stereocenters. The Balaban J connectivity index is 1.64. The summed E-state index contributed by atoms with van der Waals surface area (Å²) >= 11 is 4.02. The van der Waals surface area contributed by atoms with Crippen LogP contribution in [0.1, 0.15) is 32.1 Å². The van der Waals surface area contributed by atoms with E-state index in [1.54, 1.807) is 0 Å². The number of nitrogens with zero attached hydrogens (tertiary/aromatic N) is 2. The Labute approximate surface area is 142 Å². The second-order valence-electron chi connectivity index (χ2n) is 5.19. The van der Waals surface area contributed by atoms with Crippen LogP contribution in [0.5, 0.6) is 0 Å². The number of hydrogen-bond donors (Lipinski definition) is 2. The van der Waals surface area contributed by atoms with Crippen LogP contribution in [0.15, 0.2) is 8.68 Å². The molecular formula is C13H20N4O2S3. The zero-order valence-corrected chi connectivity index (χ0v) is 14.7. The van der Waals surface area contributed by atoms with Gasteiger partial charge in [-0.2, -0.15) is 0 Å². The molecule has 1 aliphatic rings. The lowest BCUT2D eigenvalue weighted by molar-refractivity contribution is -0.119. The maximum absolute atomic E-state index is 11.8. The predicted molar refractivity (Wildman–Crippen MR) is 90.1 cm³/mol. The minimum Gasteiger partial charge on any atom is -0.369 e. The second-order valence-corrected chi connectivity index (χ2v) is 8.61. The summed E-state index contributed by atoms with van der Waals surface area (Å²) in [6.45, 7) is 0.787. The normalized spacial score (nSPS) is 15.6. The third-order valence-electron chi connectivity index (χ3n) is 3.37. The number of rotatable bonds is 8. The van der Waals surface area contributed by atoms with Gasteiger partial charge in [-0.25, -0.2) is 0 Å². The molecule has 1 saturated carbocycles. The molecule has 0 spiro atoms. The maximum atomic E-state index is 11.8. The summed E-state index contributed by atoms with van der Waals surface area (Å²) < 4.78 is 1.43. The fraction of sp³-hybridized carbons (Fsp3) is 0.692. The Morgan fingerprint density at radius 3 is 2.41 bits per heavy atom. The van der Waals surface area contributed by atoms with E-state index in [1.165, 1.54) is 67.0 Å². The van der Waals surface area contributed by atoms with Gasteiger partial charge in [0.1, 0.15) is 0 Å². The molecule has 0 bridgehead atoms. The van der Waals surface area contributed by atoms with Gasteiger partial charge in [-0.3, -0.25) is 9.59 Å². The van der Waals surface area contributed by atoms with Gasteiger partial charge in [0.2, 0.25) is 11.8 Å². The number of amides is 2. The first kappa shape index (κ1) is 17.6. The molecule has 6 nitrogen and oxygen atoms in total. The van der Waals surface area contributed by atoms with Gasteiger partial charge in [0.05, 0.1) is 11.5 Å². The van der Waals surface area contributed by atoms with Crippen LogP contribution in [0.3, 0.4) is 0 Å². The summed E-state index contributed by atoms with van der Waals surface area (Å²) in [5, 5.41) is 11.0. The molecule has 1 aliphatic carbocycles. The number of carbonyl (C=O) groups is 2. The number of nitrogens with two attached hydrogens (primary N) is 1. The average molecular weight is 361 g/mol. The van der Waals surface area contributed by atoms with Crippen molar-refractivity contribution in [3.8, 4) is 0 Å². The van der Waals surface area contributed by atoms with E-state index in [0.29, 0.717) is 16.0 Å². The van der Waals surface area contributed by atoms with E-state index in [4.69, 9.17) is 5.73 Å². The zero-order valence-electron chi connectivity index (χ0n) is 12.2. The van der Waals surface area contributed by atoms with Gasteiger partial charge in [0.25, 0.3) is 0 Å². The van der Waals surface area contributed by atoms with Gasteiger partial charge in [-0.1, -0.05) is 54.1 Å². The molecule has 0 aliphatic heterocycles. The predicted octanol–water partition coefficient (Wildman–Crippen LogP) is 1.90. The molecule has 1 aromatic heterocycles. The molecule has 0 aromatic carbocycles. The van der Waals surface area contributed by atoms with Crippen LogP contribution in [0.25, 0.3) is 0 Å². The Hall–Kier alpha value is -0.800. The zero-order chi connectivity index (χ0) is 15.8. The molecule has 0 atom stereocenters. The van der Waals surface area contributed by atoms with Gasteiger partial charge >= 0.3 is 0 Å². The largest absolute Gasteiger partial charge is 0.369 e. The van der Waals surface area contributed by atoms with Gasteiger partial charge < -0.3 is 11.1 Å². The summed E-state index contributed by atoms with van der Waals surface area (Å²) in [6, 6.07) is 0. The Morgan fingerprint density at radius 2 is 1.77 bits per heavy atom. The fourth-order valence-electron chi connectivity index (χ4n) is 2.27. The first-order valence-corrected chi connectivity index (χ1v) is 10.1. The molecule has 9 heteroatoms. The molecule has 2 rings (SSSR count). The van der Waals surface area contributed by atoms with E-state index in [2.05, 4.69) is 15.5 Å². The molecule has 1 heterocycles. The molecule has 2 amide bonds. The molecule has 1 aromatic rings. The van der Waals surface area contributed by atoms with Crippen LogP contribution >= 0.6 is 34.9 Å². The minimum atomic E-state index is -0.378. The van der Waals surface area contributed by atoms with E-state index in [1.807, 2.05) is 0 Å². The first-order valence-electron chi connectivity index (χ1n) is 7.27. The minimum absolute atomic E-state index is 0.0390. The van der Waals surface area contributed by atoms with E-state index < -0.39 is 0 Å². The van der Waals surface area contributed by atoms with Gasteiger partial charge in [-0.05, 0) is 18.8 Å². The van der Waals surface area contributed by atoms with Crippen molar-refractivity contribution in [2.24, 2.45) is 11.7 Å². The first-order chi connectivity index (χ1) is 10.6. The van der Waals surface area contributed by atoms with Crippen molar-refractivity contribution < 1.29 is 9.59 Å². The van der Waals surface area contributed by atoms with Crippen LogP contribution in [0, 0.1) is 5.92 Å². The Morgan fingerprint density at radius 1 is 1.14 bits per heavy atom. The topological polar surface area (TPSA) is 98.0 Å². The van der Waals surface area contributed by atoms with Crippen LogP contribution in [0.4, 0.5) is 0 Å². The third kappa shape index (κ3) is 6.53. The molecular weight excluding hydrogens is 340 g/mol. The lowest BCUT2D eigenvalue weighted by Gasteiger charge is -2.21. The molecule has 1 fully saturated rings. The van der Waals surface area contributed by atoms with Crippen LogP contribution in [-0.2, 0) is 9.59 Å². The molecule has 0 radical (unpaired) electrons. The lowest BCUT2D eigenvalue weighted by atomic mass is 9.89. The average Bonchev–Trinajstić information content (AvgIpc) is 2.98. The standard InChI is InChI=1S/C13H20N4O2S3/c14-10(18)7-20-12-16-17-13(22-12)21-8-11(19)15-6-9-4-2-1-3-5-9/h9H,1-8H2,(H2,14,18)(H,15,19). The quantitative estimate of drug-likeness (QED) is 0.687. The van der Waals surface area contributed by atoms with Crippen LogP contribution in [-0.4, -0.2) is 40.1 Å². The van der Waals surface area contributed by atoms with Crippen molar-refractivity contribution in [2.45, 2.75) is 40.8 Å². The number of hydrogen-bond acceptors (Lipinski definition) is 7. The SMILES string of the molecule is NC(=O)CSc1nnc(SCC(=O)NCC2CCCCC2)s1. The third-order valence-corrected chi connectivity index (χ3v) is 6.58. The van der Waals surface area contributed by atoms with Crippen molar-refractivity contribution in [1.29, 1.82) is 0 Å². The fourth-order valence-corrected chi connectivity index (χ4v) is 4.86. The number of nitrogens with one attached hydrogen (secondary N) is 1. The van der Waals surface area contributed by atoms with Crippen molar-refractivity contribution in [3.05, 3.63) is 0 Å². The Bertz CT molecular complexity index is 503. The maximum Gasteiger partial charge on any atom is 0.230 e. The highest BCUT2D eigenvalue weighted by atomic mass is 32.2. The molecule has 3 N–H and O–H groups in total. The van der Waals surface area contributed by atoms with Gasteiger partial charge in [0.15, 0.2) is 8.68 Å². The van der Waals surface area contributed by atoms with E-state index in [-0.39, 0.29) is 17.6 Å². The molecule has 22 heavy (non-hydrogen) atoms. The highest BCUT2D eigenvalue weighted by molar-refractivity contribution is 8.03. The van der Waals surface area contributed by atoms with E-state index in [0.717, 1.165) is 10.9 Å². The summed E-state index contributed by atoms with van der Waals surface area (Å²) in [7, 11) is 0. The number of aromatic nitrogens is 2. The number of primary amides is 1. The van der Waals surface area contributed by atoms with E-state index >= 15 is 0 Å². The summed E-state index contributed by atoms with van der Waals surface area (Å²) in [6.07, 6.45) is 6.35. The van der Waals surface area contributed by atoms with Crippen LogP contribution in [0.2, 0.25) is 0 Å². The smallest absolute Gasteiger partial charge is 0.230 e. The second kappa shape index (κ2) is 9.36. The van der Waals surface area contributed by atoms with Crippen molar-refractivity contribution >= 4 is 46.7 Å². The van der Waals surface area contributed by atoms with Gasteiger partial charge in [0, 0.05) is 6.54 Å². The molecule has 122 valence electrons.